The summed E-state index contributed by atoms with van der Waals surface area (Å²) in [5.74, 6) is 0.699. The van der Waals surface area contributed by atoms with Crippen LogP contribution < -0.4 is 5.32 Å². The van der Waals surface area contributed by atoms with Crippen LogP contribution in [0.25, 0.3) is 0 Å². The average molecular weight is 526 g/mol. The predicted octanol–water partition coefficient (Wildman–Crippen LogP) is 3.70. The molecule has 0 spiro atoms. The molecule has 0 bridgehead atoms. The maximum Gasteiger partial charge on any atom is 0.407 e. The van der Waals surface area contributed by atoms with E-state index in [9.17, 15) is 9.90 Å². The van der Waals surface area contributed by atoms with Crippen LogP contribution in [0.2, 0.25) is 0 Å². The third kappa shape index (κ3) is 6.95. The lowest BCUT2D eigenvalue weighted by atomic mass is 9.91. The van der Waals surface area contributed by atoms with Gasteiger partial charge in [-0.25, -0.2) is 9.48 Å². The molecule has 11 heteroatoms. The molecule has 196 valence electrons. The summed E-state index contributed by atoms with van der Waals surface area (Å²) in [6.45, 7) is 6.13. The van der Waals surface area contributed by atoms with Crippen molar-refractivity contribution in [2.24, 2.45) is 13.0 Å². The van der Waals surface area contributed by atoms with E-state index in [1.165, 1.54) is 17.8 Å². The van der Waals surface area contributed by atoms with Crippen LogP contribution in [-0.4, -0.2) is 49.9 Å². The van der Waals surface area contributed by atoms with Gasteiger partial charge in [0, 0.05) is 30.8 Å². The molecule has 2 aromatic carbocycles. The lowest BCUT2D eigenvalue weighted by Crippen LogP contribution is -2.38. The first-order valence-electron chi connectivity index (χ1n) is 11.9. The molecule has 4 atom stereocenters. The van der Waals surface area contributed by atoms with Crippen molar-refractivity contribution in [1.29, 1.82) is 0 Å². The molecule has 1 aliphatic heterocycles. The molecular formula is C26H31N5O5S. The monoisotopic (exact) mass is 525 g/mol. The van der Waals surface area contributed by atoms with Crippen molar-refractivity contribution in [2.45, 2.75) is 43.7 Å². The summed E-state index contributed by atoms with van der Waals surface area (Å²) in [4.78, 5) is 11.7. The summed E-state index contributed by atoms with van der Waals surface area (Å²) < 4.78 is 19.5. The third-order valence-electron chi connectivity index (χ3n) is 6.10. The Morgan fingerprint density at radius 1 is 1.16 bits per heavy atom. The number of carbonyl (C=O) groups is 1. The van der Waals surface area contributed by atoms with E-state index < -0.39 is 12.4 Å². The van der Waals surface area contributed by atoms with Gasteiger partial charge < -0.3 is 24.6 Å². The van der Waals surface area contributed by atoms with Crippen molar-refractivity contribution in [3.8, 4) is 0 Å². The Balaban J connectivity index is 1.49. The largest absolute Gasteiger partial charge is 0.445 e. The third-order valence-corrected chi connectivity index (χ3v) is 7.20. The van der Waals surface area contributed by atoms with Gasteiger partial charge in [-0.15, -0.1) is 5.10 Å². The average Bonchev–Trinajstić information content (AvgIpc) is 3.35. The number of hydrogen-bond acceptors (Lipinski definition) is 9. The van der Waals surface area contributed by atoms with Crippen LogP contribution in [0.3, 0.4) is 0 Å². The number of nitrogens with one attached hydrogen (secondary N) is 1. The number of hydrogen-bond donors (Lipinski definition) is 2. The zero-order valence-corrected chi connectivity index (χ0v) is 21.6. The molecule has 10 nitrogen and oxygen atoms in total. The highest BCUT2D eigenvalue weighted by Gasteiger charge is 2.38. The van der Waals surface area contributed by atoms with E-state index in [1.54, 1.807) is 11.7 Å². The number of alkyl carbamates (subject to hydrolysis) is 1. The Bertz CT molecular complexity index is 1170. The molecule has 1 saturated heterocycles. The summed E-state index contributed by atoms with van der Waals surface area (Å²) in [5, 5.41) is 24.5. The quantitative estimate of drug-likeness (QED) is 0.301. The fourth-order valence-corrected chi connectivity index (χ4v) is 4.98. The van der Waals surface area contributed by atoms with E-state index >= 15 is 0 Å². The van der Waals surface area contributed by atoms with Crippen molar-refractivity contribution in [3.05, 3.63) is 83.4 Å². The molecule has 3 aromatic rings. The number of aliphatic hydroxyl groups excluding tert-OH is 1. The van der Waals surface area contributed by atoms with Gasteiger partial charge in [0.1, 0.15) is 6.61 Å². The molecule has 1 amide bonds. The fourth-order valence-electron chi connectivity index (χ4n) is 3.96. The molecule has 1 aromatic heterocycles. The first-order valence-corrected chi connectivity index (χ1v) is 12.9. The molecule has 1 fully saturated rings. The number of nitrogens with zero attached hydrogens (tertiary/aromatic N) is 4. The molecule has 37 heavy (non-hydrogen) atoms. The van der Waals surface area contributed by atoms with Crippen LogP contribution in [0.15, 0.2) is 66.3 Å². The minimum Gasteiger partial charge on any atom is -0.445 e. The van der Waals surface area contributed by atoms with Gasteiger partial charge in [0.05, 0.1) is 18.8 Å². The Morgan fingerprint density at radius 3 is 2.51 bits per heavy atom. The zero-order valence-electron chi connectivity index (χ0n) is 20.8. The van der Waals surface area contributed by atoms with Gasteiger partial charge in [-0.1, -0.05) is 79.9 Å². The van der Waals surface area contributed by atoms with Gasteiger partial charge >= 0.3 is 6.09 Å². The van der Waals surface area contributed by atoms with Crippen LogP contribution in [0.5, 0.6) is 0 Å². The second-order valence-corrected chi connectivity index (χ2v) is 9.69. The van der Waals surface area contributed by atoms with Crippen LogP contribution in [0, 0.1) is 5.92 Å². The van der Waals surface area contributed by atoms with Gasteiger partial charge in [0.2, 0.25) is 5.16 Å². The van der Waals surface area contributed by atoms with Crippen molar-refractivity contribution < 1.29 is 24.1 Å². The summed E-state index contributed by atoms with van der Waals surface area (Å²) in [5.41, 5.74) is 3.66. The van der Waals surface area contributed by atoms with Gasteiger partial charge in [0.25, 0.3) is 0 Å². The molecule has 4 rings (SSSR count). The molecule has 1 aliphatic rings. The number of rotatable bonds is 10. The van der Waals surface area contributed by atoms with Crippen molar-refractivity contribution in [3.63, 3.8) is 0 Å². The number of aromatic nitrogens is 4. The maximum absolute atomic E-state index is 11.7. The maximum atomic E-state index is 11.7. The van der Waals surface area contributed by atoms with E-state index in [0.29, 0.717) is 17.5 Å². The summed E-state index contributed by atoms with van der Waals surface area (Å²) in [6, 6.07) is 15.5. The van der Waals surface area contributed by atoms with Crippen molar-refractivity contribution >= 4 is 17.9 Å². The number of aryl methyl sites for hydroxylation is 1. The lowest BCUT2D eigenvalue weighted by Gasteiger charge is -2.41. The fraction of sp³-hybridized carbons (Fsp3) is 0.385. The van der Waals surface area contributed by atoms with Crippen LogP contribution in [-0.2, 0) is 34.4 Å². The lowest BCUT2D eigenvalue weighted by molar-refractivity contribution is -0.268. The first-order chi connectivity index (χ1) is 18.0. The second kappa shape index (κ2) is 12.8. The standard InChI is InChI=1S/C26H31N5O5S/c1-4-13-34-26(33)27-14-18-5-11-21(12-6-18)24-35-22(16-37-25-28-29-30-31(25)3)17(2)23(36-24)20-9-7-19(15-32)8-10-20/h4-12,17,22-24,32H,1,13-16H2,2-3H3,(H,27,33). The molecule has 4 unspecified atom stereocenters. The summed E-state index contributed by atoms with van der Waals surface area (Å²) >= 11 is 1.54. The Hall–Kier alpha value is -3.25. The Labute approximate surface area is 220 Å². The molecule has 0 radical (unpaired) electrons. The van der Waals surface area contributed by atoms with E-state index in [2.05, 4.69) is 34.3 Å². The van der Waals surface area contributed by atoms with Gasteiger partial charge in [-0.05, 0) is 27.1 Å². The number of tetrazole rings is 1. The van der Waals surface area contributed by atoms with E-state index in [4.69, 9.17) is 14.2 Å². The summed E-state index contributed by atoms with van der Waals surface area (Å²) in [7, 11) is 1.81. The second-order valence-electron chi connectivity index (χ2n) is 8.70. The highest BCUT2D eigenvalue weighted by atomic mass is 32.2. The van der Waals surface area contributed by atoms with Crippen LogP contribution >= 0.6 is 11.8 Å². The van der Waals surface area contributed by atoms with E-state index in [1.807, 2.05) is 48.5 Å². The van der Waals surface area contributed by atoms with Gasteiger partial charge in [0.15, 0.2) is 6.29 Å². The molecule has 0 saturated carbocycles. The highest BCUT2D eigenvalue weighted by Crippen LogP contribution is 2.42. The number of aliphatic hydroxyl groups is 1. The minimum atomic E-state index is -0.582. The number of carbonyl (C=O) groups excluding carboxylic acids is 1. The van der Waals surface area contributed by atoms with Gasteiger partial charge in [-0.2, -0.15) is 0 Å². The highest BCUT2D eigenvalue weighted by molar-refractivity contribution is 7.99. The smallest absolute Gasteiger partial charge is 0.407 e. The van der Waals surface area contributed by atoms with Crippen LogP contribution in [0.4, 0.5) is 4.79 Å². The summed E-state index contributed by atoms with van der Waals surface area (Å²) in [6.07, 6.45) is 0.0930. The van der Waals surface area contributed by atoms with E-state index in [-0.39, 0.29) is 31.3 Å². The predicted molar refractivity (Wildman–Crippen MR) is 137 cm³/mol. The minimum absolute atomic E-state index is 0.00865. The zero-order chi connectivity index (χ0) is 26.2. The molecule has 2 N–H and O–H groups in total. The van der Waals surface area contributed by atoms with Crippen molar-refractivity contribution in [2.75, 3.05) is 12.4 Å². The Kier molecular flexibility index (Phi) is 9.29. The van der Waals surface area contributed by atoms with Gasteiger partial charge in [-0.3, -0.25) is 0 Å². The number of amides is 1. The number of benzene rings is 2. The van der Waals surface area contributed by atoms with Crippen LogP contribution in [0.1, 0.15) is 41.6 Å². The van der Waals surface area contributed by atoms with Crippen molar-refractivity contribution in [1.82, 2.24) is 25.5 Å². The topological polar surface area (TPSA) is 121 Å². The SMILES string of the molecule is C=CCOC(=O)NCc1ccc(C2OC(CSc3nnnn3C)C(C)C(c3ccc(CO)cc3)O2)cc1. The Morgan fingerprint density at radius 2 is 1.86 bits per heavy atom. The molecule has 2 heterocycles. The molecule has 0 aliphatic carbocycles. The van der Waals surface area contributed by atoms with E-state index in [0.717, 1.165) is 22.3 Å². The first kappa shape index (κ1) is 26.8. The number of ether oxygens (including phenoxy) is 3. The number of thioether (sulfide) groups is 1. The normalized spacial score (nSPS) is 21.4. The molecular weight excluding hydrogens is 494 g/mol.